The molecule has 1 atom stereocenters. The lowest BCUT2D eigenvalue weighted by atomic mass is 10.1. The number of nitrogens with one attached hydrogen (secondary N) is 1. The molecule has 1 aromatic rings. The second-order valence-electron chi connectivity index (χ2n) is 6.40. The van der Waals surface area contributed by atoms with Crippen LogP contribution in [0.4, 0.5) is 0 Å². The van der Waals surface area contributed by atoms with E-state index in [1.807, 2.05) is 25.1 Å². The van der Waals surface area contributed by atoms with Crippen LogP contribution < -0.4 is 10.1 Å². The first-order valence-electron chi connectivity index (χ1n) is 8.39. The van der Waals surface area contributed by atoms with Crippen LogP contribution in [0.2, 0.25) is 0 Å². The normalized spacial score (nSPS) is 18.7. The molecule has 1 amide bonds. The number of amides is 1. The van der Waals surface area contributed by atoms with E-state index in [2.05, 4.69) is 29.4 Å². The van der Waals surface area contributed by atoms with E-state index in [9.17, 15) is 9.59 Å². The molecule has 7 nitrogen and oxygen atoms in total. The minimum absolute atomic E-state index is 0.239. The highest BCUT2D eigenvalue weighted by Crippen LogP contribution is 2.22. The number of carboxylic acid groups (broad SMARTS) is 1. The van der Waals surface area contributed by atoms with Gasteiger partial charge < -0.3 is 15.2 Å². The molecule has 0 bridgehead atoms. The Hall–Kier alpha value is -2.35. The SMILES string of the molecule is Cc1cc(C=NN=C2NC(=O)C(CC(=O)O)S2)ccc1OCCC(C)C. The number of carbonyl (C=O) groups excluding carboxylic acids is 1. The Labute approximate surface area is 156 Å². The fourth-order valence-electron chi connectivity index (χ4n) is 2.21. The summed E-state index contributed by atoms with van der Waals surface area (Å²) in [5.74, 6) is 0.0766. The van der Waals surface area contributed by atoms with Gasteiger partial charge in [0.25, 0.3) is 0 Å². The van der Waals surface area contributed by atoms with Gasteiger partial charge in [-0.2, -0.15) is 5.10 Å². The minimum atomic E-state index is -1.02. The highest BCUT2D eigenvalue weighted by molar-refractivity contribution is 8.15. The van der Waals surface area contributed by atoms with Crippen molar-refractivity contribution in [3.8, 4) is 5.75 Å². The third kappa shape index (κ3) is 6.18. The fraction of sp³-hybridized carbons (Fsp3) is 0.444. The van der Waals surface area contributed by atoms with Gasteiger partial charge in [0.15, 0.2) is 5.17 Å². The van der Waals surface area contributed by atoms with E-state index < -0.39 is 11.2 Å². The van der Waals surface area contributed by atoms with E-state index in [4.69, 9.17) is 9.84 Å². The zero-order valence-electron chi connectivity index (χ0n) is 15.1. The van der Waals surface area contributed by atoms with Crippen LogP contribution in [0.3, 0.4) is 0 Å². The van der Waals surface area contributed by atoms with E-state index in [1.165, 1.54) is 0 Å². The van der Waals surface area contributed by atoms with Crippen molar-refractivity contribution in [2.45, 2.75) is 38.9 Å². The molecular formula is C18H23N3O4S. The van der Waals surface area contributed by atoms with Gasteiger partial charge in [-0.05, 0) is 48.6 Å². The van der Waals surface area contributed by atoms with Crippen molar-refractivity contribution in [2.75, 3.05) is 6.61 Å². The summed E-state index contributed by atoms with van der Waals surface area (Å²) in [5.41, 5.74) is 1.87. The van der Waals surface area contributed by atoms with Gasteiger partial charge in [-0.15, -0.1) is 5.10 Å². The highest BCUT2D eigenvalue weighted by Gasteiger charge is 2.32. The Bertz CT molecular complexity index is 731. The van der Waals surface area contributed by atoms with Crippen LogP contribution in [0.25, 0.3) is 0 Å². The fourth-order valence-corrected chi connectivity index (χ4v) is 3.13. The predicted molar refractivity (Wildman–Crippen MR) is 103 cm³/mol. The number of aliphatic carboxylic acids is 1. The molecule has 1 heterocycles. The molecule has 2 rings (SSSR count). The molecule has 0 radical (unpaired) electrons. The van der Waals surface area contributed by atoms with Gasteiger partial charge in [0, 0.05) is 0 Å². The Morgan fingerprint density at radius 1 is 1.46 bits per heavy atom. The number of nitrogens with zero attached hydrogens (tertiary/aromatic N) is 2. The van der Waals surface area contributed by atoms with E-state index in [0.29, 0.717) is 17.7 Å². The lowest BCUT2D eigenvalue weighted by Gasteiger charge is -2.10. The third-order valence-corrected chi connectivity index (χ3v) is 4.72. The largest absolute Gasteiger partial charge is 0.493 e. The van der Waals surface area contributed by atoms with Gasteiger partial charge in [-0.3, -0.25) is 9.59 Å². The number of hydrogen-bond acceptors (Lipinski definition) is 6. The van der Waals surface area contributed by atoms with Crippen LogP contribution in [-0.2, 0) is 9.59 Å². The first-order chi connectivity index (χ1) is 12.3. The van der Waals surface area contributed by atoms with Gasteiger partial charge >= 0.3 is 5.97 Å². The molecule has 0 saturated carbocycles. The molecule has 0 aliphatic carbocycles. The number of thioether (sulfide) groups is 1. The van der Waals surface area contributed by atoms with Crippen LogP contribution in [0.15, 0.2) is 28.4 Å². The summed E-state index contributed by atoms with van der Waals surface area (Å²) in [6, 6.07) is 5.73. The van der Waals surface area contributed by atoms with Crippen LogP contribution >= 0.6 is 11.8 Å². The van der Waals surface area contributed by atoms with Crippen molar-refractivity contribution in [1.82, 2.24) is 5.32 Å². The second-order valence-corrected chi connectivity index (χ2v) is 7.59. The number of ether oxygens (including phenoxy) is 1. The molecule has 1 saturated heterocycles. The maximum atomic E-state index is 11.6. The van der Waals surface area contributed by atoms with Crippen molar-refractivity contribution >= 4 is 35.0 Å². The molecular weight excluding hydrogens is 354 g/mol. The molecule has 1 aliphatic heterocycles. The van der Waals surface area contributed by atoms with E-state index in [-0.39, 0.29) is 12.3 Å². The van der Waals surface area contributed by atoms with Crippen molar-refractivity contribution < 1.29 is 19.4 Å². The average Bonchev–Trinajstić information content (AvgIpc) is 2.88. The Balaban J connectivity index is 1.93. The van der Waals surface area contributed by atoms with Crippen molar-refractivity contribution in [3.63, 3.8) is 0 Å². The minimum Gasteiger partial charge on any atom is -0.493 e. The monoisotopic (exact) mass is 377 g/mol. The number of carbonyl (C=O) groups is 2. The van der Waals surface area contributed by atoms with Gasteiger partial charge in [-0.25, -0.2) is 0 Å². The highest BCUT2D eigenvalue weighted by atomic mass is 32.2. The van der Waals surface area contributed by atoms with Gasteiger partial charge in [-0.1, -0.05) is 25.6 Å². The summed E-state index contributed by atoms with van der Waals surface area (Å²) in [6.07, 6.45) is 2.35. The summed E-state index contributed by atoms with van der Waals surface area (Å²) in [4.78, 5) is 22.3. The quantitative estimate of drug-likeness (QED) is 0.536. The zero-order valence-corrected chi connectivity index (χ0v) is 15.9. The van der Waals surface area contributed by atoms with Crippen LogP contribution in [0, 0.1) is 12.8 Å². The maximum absolute atomic E-state index is 11.6. The number of benzene rings is 1. The Morgan fingerprint density at radius 2 is 2.23 bits per heavy atom. The summed E-state index contributed by atoms with van der Waals surface area (Å²) >= 11 is 1.07. The topological polar surface area (TPSA) is 100 Å². The lowest BCUT2D eigenvalue weighted by molar-refractivity contribution is -0.138. The number of carboxylic acids is 1. The van der Waals surface area contributed by atoms with Gasteiger partial charge in [0.1, 0.15) is 11.0 Å². The van der Waals surface area contributed by atoms with Crippen molar-refractivity contribution in [3.05, 3.63) is 29.3 Å². The molecule has 1 aromatic carbocycles. The number of amidine groups is 1. The molecule has 0 aromatic heterocycles. The zero-order chi connectivity index (χ0) is 19.1. The molecule has 1 unspecified atom stereocenters. The summed E-state index contributed by atoms with van der Waals surface area (Å²) < 4.78 is 5.77. The molecule has 1 fully saturated rings. The average molecular weight is 377 g/mol. The van der Waals surface area contributed by atoms with Crippen LogP contribution in [0.5, 0.6) is 5.75 Å². The van der Waals surface area contributed by atoms with Crippen molar-refractivity contribution in [2.24, 2.45) is 16.1 Å². The molecule has 140 valence electrons. The predicted octanol–water partition coefficient (Wildman–Crippen LogP) is 2.82. The number of rotatable bonds is 8. The maximum Gasteiger partial charge on any atom is 0.305 e. The summed E-state index contributed by atoms with van der Waals surface area (Å²) in [7, 11) is 0. The standard InChI is InChI=1S/C18H23N3O4S/c1-11(2)6-7-25-14-5-4-13(8-12(14)3)10-19-21-18-20-17(24)15(26-18)9-16(22)23/h4-5,8,10-11,15H,6-7,9H2,1-3H3,(H,22,23)(H,20,21,24). The molecule has 26 heavy (non-hydrogen) atoms. The van der Waals surface area contributed by atoms with E-state index in [1.54, 1.807) is 6.21 Å². The summed E-state index contributed by atoms with van der Waals surface area (Å²) in [5, 5.41) is 18.8. The van der Waals surface area contributed by atoms with E-state index >= 15 is 0 Å². The van der Waals surface area contributed by atoms with Crippen LogP contribution in [-0.4, -0.2) is 40.2 Å². The van der Waals surface area contributed by atoms with Gasteiger partial charge in [0.05, 0.1) is 19.2 Å². The van der Waals surface area contributed by atoms with Crippen molar-refractivity contribution in [1.29, 1.82) is 0 Å². The first-order valence-corrected chi connectivity index (χ1v) is 9.27. The Kier molecular flexibility index (Phi) is 7.20. The lowest BCUT2D eigenvalue weighted by Crippen LogP contribution is -2.26. The molecule has 8 heteroatoms. The summed E-state index contributed by atoms with van der Waals surface area (Å²) in [6.45, 7) is 6.98. The third-order valence-electron chi connectivity index (χ3n) is 3.64. The van der Waals surface area contributed by atoms with E-state index in [0.717, 1.165) is 35.1 Å². The number of hydrogen-bond donors (Lipinski definition) is 2. The smallest absolute Gasteiger partial charge is 0.305 e. The molecule has 0 spiro atoms. The first kappa shape index (κ1) is 20.0. The Morgan fingerprint density at radius 3 is 2.88 bits per heavy atom. The van der Waals surface area contributed by atoms with Crippen LogP contribution in [0.1, 0.15) is 37.8 Å². The molecule has 2 N–H and O–H groups in total. The molecule has 1 aliphatic rings. The van der Waals surface area contributed by atoms with Gasteiger partial charge in [0.2, 0.25) is 5.91 Å². The second kappa shape index (κ2) is 9.38. The number of aryl methyl sites for hydroxylation is 1.